The highest BCUT2D eigenvalue weighted by Gasteiger charge is 2.17. The lowest BCUT2D eigenvalue weighted by atomic mass is 10.2. The molecule has 3 aromatic rings. The topological polar surface area (TPSA) is 85.1 Å². The second kappa shape index (κ2) is 7.35. The number of nitrogens with zero attached hydrogens (tertiary/aromatic N) is 2. The van der Waals surface area contributed by atoms with Crippen LogP contribution >= 0.6 is 0 Å². The summed E-state index contributed by atoms with van der Waals surface area (Å²) in [4.78, 5) is 4.45. The van der Waals surface area contributed by atoms with Crippen LogP contribution in [-0.4, -0.2) is 25.1 Å². The van der Waals surface area contributed by atoms with E-state index in [0.29, 0.717) is 22.8 Å². The first-order valence-electron chi connectivity index (χ1n) is 8.00. The van der Waals surface area contributed by atoms with E-state index in [1.54, 1.807) is 31.2 Å². The predicted molar refractivity (Wildman–Crippen MR) is 94.5 cm³/mol. The van der Waals surface area contributed by atoms with Crippen molar-refractivity contribution >= 4 is 10.0 Å². The first kappa shape index (κ1) is 18.2. The van der Waals surface area contributed by atoms with E-state index in [1.807, 2.05) is 13.0 Å². The summed E-state index contributed by atoms with van der Waals surface area (Å²) >= 11 is 0. The number of rotatable bonds is 6. The third-order valence-electron chi connectivity index (χ3n) is 3.82. The Kier molecular flexibility index (Phi) is 5.15. The van der Waals surface area contributed by atoms with Crippen molar-refractivity contribution in [3.8, 4) is 11.4 Å². The van der Waals surface area contributed by atoms with Gasteiger partial charge in [-0.05, 0) is 49.7 Å². The maximum atomic E-state index is 12.9. The average Bonchev–Trinajstić information content (AvgIpc) is 3.04. The lowest BCUT2D eigenvalue weighted by Crippen LogP contribution is -2.26. The third-order valence-corrected chi connectivity index (χ3v) is 5.44. The molecule has 1 N–H and O–H groups in total. The van der Waals surface area contributed by atoms with Crippen molar-refractivity contribution in [3.63, 3.8) is 0 Å². The molecule has 6 nitrogen and oxygen atoms in total. The Hall–Kier alpha value is -2.58. The first-order valence-corrected chi connectivity index (χ1v) is 9.49. The number of benzene rings is 2. The quantitative estimate of drug-likeness (QED) is 0.716. The monoisotopic (exact) mass is 375 g/mol. The molecular formula is C18H18FN3O3S. The van der Waals surface area contributed by atoms with Crippen LogP contribution in [0.2, 0.25) is 0 Å². The zero-order chi connectivity index (χ0) is 18.7. The summed E-state index contributed by atoms with van der Waals surface area (Å²) in [6.07, 6.45) is 0.248. The Labute approximate surface area is 151 Å². The lowest BCUT2D eigenvalue weighted by molar-refractivity contribution is 0.379. The van der Waals surface area contributed by atoms with Gasteiger partial charge in [0.1, 0.15) is 5.82 Å². The zero-order valence-electron chi connectivity index (χ0n) is 14.4. The molecule has 0 aliphatic rings. The van der Waals surface area contributed by atoms with Crippen molar-refractivity contribution in [2.45, 2.75) is 25.2 Å². The van der Waals surface area contributed by atoms with Crippen molar-refractivity contribution in [1.82, 2.24) is 14.9 Å². The Morgan fingerprint density at radius 3 is 2.54 bits per heavy atom. The summed E-state index contributed by atoms with van der Waals surface area (Å²) in [5.74, 6) is 0.281. The van der Waals surface area contributed by atoms with Gasteiger partial charge in [0.15, 0.2) is 0 Å². The zero-order valence-corrected chi connectivity index (χ0v) is 15.2. The van der Waals surface area contributed by atoms with Gasteiger partial charge in [-0.15, -0.1) is 0 Å². The van der Waals surface area contributed by atoms with Gasteiger partial charge in [-0.1, -0.05) is 22.9 Å². The lowest BCUT2D eigenvalue weighted by Gasteiger charge is -2.09. The highest BCUT2D eigenvalue weighted by Crippen LogP contribution is 2.17. The Balaban J connectivity index is 1.64. The second-order valence-electron chi connectivity index (χ2n) is 5.94. The number of halogens is 1. The highest BCUT2D eigenvalue weighted by molar-refractivity contribution is 7.89. The summed E-state index contributed by atoms with van der Waals surface area (Å²) < 4.78 is 45.4. The van der Waals surface area contributed by atoms with Crippen LogP contribution in [0.3, 0.4) is 0 Å². The molecule has 0 radical (unpaired) electrons. The van der Waals surface area contributed by atoms with Crippen molar-refractivity contribution < 1.29 is 17.3 Å². The van der Waals surface area contributed by atoms with Gasteiger partial charge in [-0.3, -0.25) is 0 Å². The second-order valence-corrected chi connectivity index (χ2v) is 7.67. The van der Waals surface area contributed by atoms with Crippen molar-refractivity contribution in [3.05, 3.63) is 65.3 Å². The molecule has 0 spiro atoms. The number of hydrogen-bond donors (Lipinski definition) is 1. The van der Waals surface area contributed by atoms with E-state index in [4.69, 9.17) is 4.52 Å². The molecule has 0 atom stereocenters. The average molecular weight is 375 g/mol. The minimum atomic E-state index is -3.61. The molecule has 1 aromatic heterocycles. The molecule has 0 fully saturated rings. The molecule has 136 valence electrons. The van der Waals surface area contributed by atoms with E-state index in [-0.39, 0.29) is 23.7 Å². The van der Waals surface area contributed by atoms with E-state index >= 15 is 0 Å². The SMILES string of the molecule is Cc1ccc(S(=O)(=O)NCCc2nc(-c3ccc(F)cc3)no2)c(C)c1. The van der Waals surface area contributed by atoms with E-state index in [0.717, 1.165) is 5.56 Å². The van der Waals surface area contributed by atoms with E-state index in [2.05, 4.69) is 14.9 Å². The van der Waals surface area contributed by atoms with Crippen LogP contribution in [0, 0.1) is 19.7 Å². The summed E-state index contributed by atoms with van der Waals surface area (Å²) in [5, 5.41) is 3.83. The highest BCUT2D eigenvalue weighted by atomic mass is 32.2. The Morgan fingerprint density at radius 1 is 1.12 bits per heavy atom. The molecule has 0 saturated heterocycles. The fourth-order valence-electron chi connectivity index (χ4n) is 2.54. The molecule has 2 aromatic carbocycles. The molecule has 0 aliphatic carbocycles. The number of nitrogens with one attached hydrogen (secondary N) is 1. The molecule has 0 saturated carbocycles. The van der Waals surface area contributed by atoms with Gasteiger partial charge in [0.2, 0.25) is 21.7 Å². The summed E-state index contributed by atoms with van der Waals surface area (Å²) in [6, 6.07) is 10.9. The largest absolute Gasteiger partial charge is 0.339 e. The number of sulfonamides is 1. The van der Waals surface area contributed by atoms with Crippen molar-refractivity contribution in [1.29, 1.82) is 0 Å². The van der Waals surface area contributed by atoms with Crippen molar-refractivity contribution in [2.75, 3.05) is 6.54 Å². The molecule has 0 amide bonds. The normalized spacial score (nSPS) is 11.7. The maximum Gasteiger partial charge on any atom is 0.240 e. The van der Waals surface area contributed by atoms with Gasteiger partial charge in [-0.25, -0.2) is 17.5 Å². The van der Waals surface area contributed by atoms with Gasteiger partial charge < -0.3 is 4.52 Å². The van der Waals surface area contributed by atoms with Crippen LogP contribution in [0.4, 0.5) is 4.39 Å². The van der Waals surface area contributed by atoms with Crippen LogP contribution in [0.15, 0.2) is 51.9 Å². The smallest absolute Gasteiger partial charge is 0.240 e. The number of hydrogen-bond acceptors (Lipinski definition) is 5. The molecule has 1 heterocycles. The van der Waals surface area contributed by atoms with Crippen LogP contribution in [0.25, 0.3) is 11.4 Å². The van der Waals surface area contributed by atoms with Gasteiger partial charge >= 0.3 is 0 Å². The predicted octanol–water partition coefficient (Wildman–Crippen LogP) is 3.01. The minimum Gasteiger partial charge on any atom is -0.339 e. The number of aromatic nitrogens is 2. The van der Waals surface area contributed by atoms with E-state index < -0.39 is 10.0 Å². The standard InChI is InChI=1S/C18H18FN3O3S/c1-12-3-8-16(13(2)11-12)26(23,24)20-10-9-17-21-18(22-25-17)14-4-6-15(19)7-5-14/h3-8,11,20H,9-10H2,1-2H3. The van der Waals surface area contributed by atoms with Gasteiger partial charge in [-0.2, -0.15) is 4.98 Å². The number of aryl methyl sites for hydroxylation is 2. The summed E-state index contributed by atoms with van der Waals surface area (Å²) in [6.45, 7) is 3.79. The van der Waals surface area contributed by atoms with Gasteiger partial charge in [0, 0.05) is 18.5 Å². The Morgan fingerprint density at radius 2 is 1.85 bits per heavy atom. The summed E-state index contributed by atoms with van der Waals surface area (Å²) in [5.41, 5.74) is 2.31. The maximum absolute atomic E-state index is 12.9. The minimum absolute atomic E-state index is 0.126. The van der Waals surface area contributed by atoms with Crippen LogP contribution < -0.4 is 4.72 Å². The van der Waals surface area contributed by atoms with Gasteiger partial charge in [0.05, 0.1) is 4.90 Å². The molecule has 0 bridgehead atoms. The molecule has 0 aliphatic heterocycles. The fraction of sp³-hybridized carbons (Fsp3) is 0.222. The van der Waals surface area contributed by atoms with E-state index in [1.165, 1.54) is 12.1 Å². The Bertz CT molecular complexity index is 1010. The molecule has 8 heteroatoms. The van der Waals surface area contributed by atoms with Crippen LogP contribution in [-0.2, 0) is 16.4 Å². The summed E-state index contributed by atoms with van der Waals surface area (Å²) in [7, 11) is -3.61. The van der Waals surface area contributed by atoms with E-state index in [9.17, 15) is 12.8 Å². The van der Waals surface area contributed by atoms with Crippen LogP contribution in [0.5, 0.6) is 0 Å². The molecule has 26 heavy (non-hydrogen) atoms. The van der Waals surface area contributed by atoms with Gasteiger partial charge in [0.25, 0.3) is 0 Å². The van der Waals surface area contributed by atoms with Crippen LogP contribution in [0.1, 0.15) is 17.0 Å². The molecule has 3 rings (SSSR count). The molecule has 0 unspecified atom stereocenters. The fourth-order valence-corrected chi connectivity index (χ4v) is 3.80. The molecular weight excluding hydrogens is 357 g/mol. The third kappa shape index (κ3) is 4.14. The van der Waals surface area contributed by atoms with Crippen molar-refractivity contribution in [2.24, 2.45) is 0 Å². The first-order chi connectivity index (χ1) is 12.3.